The summed E-state index contributed by atoms with van der Waals surface area (Å²) in [4.78, 5) is 26.0. The number of thiophene rings is 1. The van der Waals surface area contributed by atoms with Gasteiger partial charge in [-0.2, -0.15) is 5.26 Å². The van der Waals surface area contributed by atoms with E-state index in [2.05, 4.69) is 16.8 Å². The molecule has 1 saturated heterocycles. The second-order valence-corrected chi connectivity index (χ2v) is 7.99. The van der Waals surface area contributed by atoms with Crippen molar-refractivity contribution in [2.45, 2.75) is 44.7 Å². The van der Waals surface area contributed by atoms with Gasteiger partial charge in [0.15, 0.2) is 0 Å². The van der Waals surface area contributed by atoms with Crippen LogP contribution in [-0.2, 0) is 29.0 Å². The minimum Gasteiger partial charge on any atom is -0.315 e. The van der Waals surface area contributed by atoms with Gasteiger partial charge in [-0.05, 0) is 36.8 Å². The van der Waals surface area contributed by atoms with E-state index < -0.39 is 6.04 Å². The lowest BCUT2D eigenvalue weighted by molar-refractivity contribution is -0.121. The van der Waals surface area contributed by atoms with E-state index in [9.17, 15) is 14.9 Å². The number of hydrogen-bond donors (Lipinski definition) is 2. The fourth-order valence-electron chi connectivity index (χ4n) is 3.70. The molecule has 1 atom stereocenters. The molecular weight excluding hydrogens is 360 g/mol. The second kappa shape index (κ2) is 7.51. The molecule has 0 unspecified atom stereocenters. The van der Waals surface area contributed by atoms with E-state index in [1.807, 2.05) is 30.3 Å². The molecule has 0 saturated carbocycles. The number of fused-ring (bicyclic) bond motifs is 1. The maximum Gasteiger partial charge on any atom is 0.244 e. The molecule has 1 aromatic carbocycles. The van der Waals surface area contributed by atoms with Gasteiger partial charge in [-0.25, -0.2) is 5.01 Å². The molecule has 1 fully saturated rings. The molecule has 2 heterocycles. The number of aryl methyl sites for hydroxylation is 1. The van der Waals surface area contributed by atoms with Crippen LogP contribution in [0.15, 0.2) is 30.3 Å². The number of hydrogen-bond acceptors (Lipinski definition) is 5. The zero-order valence-corrected chi connectivity index (χ0v) is 15.6. The Morgan fingerprint density at radius 2 is 2.07 bits per heavy atom. The first-order valence-electron chi connectivity index (χ1n) is 9.11. The van der Waals surface area contributed by atoms with Gasteiger partial charge in [0.2, 0.25) is 11.8 Å². The zero-order valence-electron chi connectivity index (χ0n) is 14.8. The van der Waals surface area contributed by atoms with Crippen molar-refractivity contribution in [1.82, 2.24) is 10.4 Å². The number of nitrogens with zero attached hydrogens (tertiary/aromatic N) is 2. The Bertz CT molecular complexity index is 916. The summed E-state index contributed by atoms with van der Waals surface area (Å²) in [7, 11) is 0. The monoisotopic (exact) mass is 380 g/mol. The topological polar surface area (TPSA) is 85.2 Å². The summed E-state index contributed by atoms with van der Waals surface area (Å²) < 4.78 is 0. The number of hydrazine groups is 1. The minimum atomic E-state index is -0.594. The van der Waals surface area contributed by atoms with Gasteiger partial charge in [-0.15, -0.1) is 11.3 Å². The van der Waals surface area contributed by atoms with E-state index >= 15 is 0 Å². The first-order valence-corrected chi connectivity index (χ1v) is 9.93. The van der Waals surface area contributed by atoms with E-state index in [0.717, 1.165) is 36.8 Å². The van der Waals surface area contributed by atoms with Gasteiger partial charge in [-0.3, -0.25) is 15.0 Å². The molecular formula is C20H20N4O2S. The summed E-state index contributed by atoms with van der Waals surface area (Å²) in [5.74, 6) is -0.420. The highest BCUT2D eigenvalue weighted by molar-refractivity contribution is 7.16. The van der Waals surface area contributed by atoms with Crippen molar-refractivity contribution in [1.29, 1.82) is 5.26 Å². The second-order valence-electron chi connectivity index (χ2n) is 6.88. The van der Waals surface area contributed by atoms with Crippen LogP contribution in [0.3, 0.4) is 0 Å². The van der Waals surface area contributed by atoms with Crippen LogP contribution in [-0.4, -0.2) is 22.9 Å². The maximum atomic E-state index is 12.9. The van der Waals surface area contributed by atoms with E-state index in [0.29, 0.717) is 17.1 Å². The normalized spacial score (nSPS) is 19.2. The Hall–Kier alpha value is -2.69. The lowest BCUT2D eigenvalue weighted by atomic mass is 9.96. The Labute approximate surface area is 161 Å². The predicted molar refractivity (Wildman–Crippen MR) is 103 cm³/mol. The summed E-state index contributed by atoms with van der Waals surface area (Å²) in [6, 6.07) is 11.4. The van der Waals surface area contributed by atoms with Crippen LogP contribution in [0.5, 0.6) is 0 Å². The number of carbonyl (C=O) groups is 2. The van der Waals surface area contributed by atoms with Gasteiger partial charge in [-0.1, -0.05) is 30.3 Å². The molecule has 7 heteroatoms. The highest BCUT2D eigenvalue weighted by Gasteiger charge is 2.36. The van der Waals surface area contributed by atoms with Crippen LogP contribution in [0.1, 0.15) is 40.8 Å². The average molecular weight is 380 g/mol. The molecule has 0 spiro atoms. The van der Waals surface area contributed by atoms with Crippen molar-refractivity contribution in [3.63, 3.8) is 0 Å². The van der Waals surface area contributed by atoms with Gasteiger partial charge in [0.05, 0.1) is 12.0 Å². The SMILES string of the molecule is N#Cc1c(NC(=O)[C@H]2CC(=O)NN2Cc2ccccc2)sc2c1CCCC2. The molecule has 1 aromatic heterocycles. The Balaban J connectivity index is 1.52. The summed E-state index contributed by atoms with van der Waals surface area (Å²) in [6.07, 6.45) is 4.18. The summed E-state index contributed by atoms with van der Waals surface area (Å²) in [5, 5.41) is 14.8. The van der Waals surface area contributed by atoms with Gasteiger partial charge < -0.3 is 5.32 Å². The molecule has 0 bridgehead atoms. The Kier molecular flexibility index (Phi) is 4.92. The number of nitriles is 1. The van der Waals surface area contributed by atoms with Crippen LogP contribution in [0.2, 0.25) is 0 Å². The van der Waals surface area contributed by atoms with Gasteiger partial charge in [0.1, 0.15) is 17.1 Å². The first-order chi connectivity index (χ1) is 13.2. The smallest absolute Gasteiger partial charge is 0.244 e. The lowest BCUT2D eigenvalue weighted by Crippen LogP contribution is -2.43. The van der Waals surface area contributed by atoms with Crippen molar-refractivity contribution in [3.05, 3.63) is 51.9 Å². The van der Waals surface area contributed by atoms with E-state index in [1.165, 1.54) is 16.2 Å². The van der Waals surface area contributed by atoms with Crippen LogP contribution >= 0.6 is 11.3 Å². The molecule has 27 heavy (non-hydrogen) atoms. The number of nitrogens with one attached hydrogen (secondary N) is 2. The lowest BCUT2D eigenvalue weighted by Gasteiger charge is -2.22. The molecule has 2 aliphatic rings. The van der Waals surface area contributed by atoms with Crippen LogP contribution < -0.4 is 10.7 Å². The van der Waals surface area contributed by atoms with E-state index in [1.54, 1.807) is 5.01 Å². The highest BCUT2D eigenvalue weighted by Crippen LogP contribution is 2.37. The number of rotatable bonds is 4. The summed E-state index contributed by atoms with van der Waals surface area (Å²) >= 11 is 1.50. The van der Waals surface area contributed by atoms with E-state index in [-0.39, 0.29) is 18.2 Å². The first kappa shape index (κ1) is 17.7. The molecule has 1 aliphatic carbocycles. The molecule has 2 N–H and O–H groups in total. The standard InChI is InChI=1S/C20H20N4O2S/c21-11-15-14-8-4-5-9-17(14)27-20(15)22-19(26)16-10-18(25)23-24(16)12-13-6-2-1-3-7-13/h1-3,6-7,16H,4-5,8-10,12H2,(H,22,26)(H,23,25)/t16-/m1/s1. The highest BCUT2D eigenvalue weighted by atomic mass is 32.1. The largest absolute Gasteiger partial charge is 0.315 e. The number of carbonyl (C=O) groups excluding carboxylic acids is 2. The molecule has 4 rings (SSSR count). The third-order valence-electron chi connectivity index (χ3n) is 5.04. The van der Waals surface area contributed by atoms with Crippen molar-refractivity contribution in [3.8, 4) is 6.07 Å². The van der Waals surface area contributed by atoms with Crippen molar-refractivity contribution in [2.24, 2.45) is 0 Å². The predicted octanol–water partition coefficient (Wildman–Crippen LogP) is 2.74. The number of benzene rings is 1. The van der Waals surface area contributed by atoms with Crippen LogP contribution in [0.25, 0.3) is 0 Å². The Morgan fingerprint density at radius 1 is 1.30 bits per heavy atom. The van der Waals surface area contributed by atoms with E-state index in [4.69, 9.17) is 0 Å². The fourth-order valence-corrected chi connectivity index (χ4v) is 4.94. The average Bonchev–Trinajstić information content (AvgIpc) is 3.21. The molecule has 6 nitrogen and oxygen atoms in total. The number of anilines is 1. The maximum absolute atomic E-state index is 12.9. The zero-order chi connectivity index (χ0) is 18.8. The molecule has 2 aromatic rings. The van der Waals surface area contributed by atoms with Gasteiger partial charge in [0.25, 0.3) is 0 Å². The fraction of sp³-hybridized carbons (Fsp3) is 0.350. The van der Waals surface area contributed by atoms with Gasteiger partial charge in [0, 0.05) is 11.4 Å². The quantitative estimate of drug-likeness (QED) is 0.854. The molecule has 138 valence electrons. The minimum absolute atomic E-state index is 0.117. The van der Waals surface area contributed by atoms with Crippen molar-refractivity contribution in [2.75, 3.05) is 5.32 Å². The third-order valence-corrected chi connectivity index (χ3v) is 6.25. The Morgan fingerprint density at radius 3 is 2.85 bits per heavy atom. The molecule has 0 radical (unpaired) electrons. The van der Waals surface area contributed by atoms with Gasteiger partial charge >= 0.3 is 0 Å². The van der Waals surface area contributed by atoms with Crippen LogP contribution in [0, 0.1) is 11.3 Å². The molecule has 2 amide bonds. The van der Waals surface area contributed by atoms with Crippen molar-refractivity contribution < 1.29 is 9.59 Å². The summed E-state index contributed by atoms with van der Waals surface area (Å²) in [6.45, 7) is 0.455. The number of amides is 2. The summed E-state index contributed by atoms with van der Waals surface area (Å²) in [5.41, 5.74) is 5.47. The van der Waals surface area contributed by atoms with Crippen molar-refractivity contribution >= 4 is 28.2 Å². The van der Waals surface area contributed by atoms with Crippen LogP contribution in [0.4, 0.5) is 5.00 Å². The molecule has 1 aliphatic heterocycles. The third kappa shape index (κ3) is 3.59.